The van der Waals surface area contributed by atoms with Crippen LogP contribution < -0.4 is 15.8 Å². The van der Waals surface area contributed by atoms with Gasteiger partial charge in [-0.2, -0.15) is 0 Å². The summed E-state index contributed by atoms with van der Waals surface area (Å²) in [5.74, 6) is 0.637. The molecule has 27 heavy (non-hydrogen) atoms. The van der Waals surface area contributed by atoms with E-state index in [0.717, 1.165) is 30.4 Å². The Bertz CT molecular complexity index is 1180. The van der Waals surface area contributed by atoms with Gasteiger partial charge in [0.15, 0.2) is 16.6 Å². The first-order valence-electron chi connectivity index (χ1n) is 9.44. The first-order chi connectivity index (χ1) is 13.0. The van der Waals surface area contributed by atoms with Gasteiger partial charge in [0.1, 0.15) is 17.2 Å². The molecular weight excluding hydrogens is 344 g/mol. The van der Waals surface area contributed by atoms with E-state index < -0.39 is 5.63 Å². The highest BCUT2D eigenvalue weighted by molar-refractivity contribution is 6.10. The van der Waals surface area contributed by atoms with Crippen LogP contribution in [0.2, 0.25) is 0 Å². The van der Waals surface area contributed by atoms with Gasteiger partial charge in [0, 0.05) is 11.6 Å². The van der Waals surface area contributed by atoms with E-state index in [0.29, 0.717) is 34.1 Å². The molecule has 1 aliphatic rings. The fraction of sp³-hybridized carbons (Fsp3) is 0.364. The van der Waals surface area contributed by atoms with E-state index in [1.165, 1.54) is 12.3 Å². The van der Waals surface area contributed by atoms with Gasteiger partial charge in [-0.3, -0.25) is 4.79 Å². The lowest BCUT2D eigenvalue weighted by Gasteiger charge is -2.24. The molecule has 0 saturated heterocycles. The summed E-state index contributed by atoms with van der Waals surface area (Å²) in [6.45, 7) is 5.84. The number of rotatable bonds is 4. The summed E-state index contributed by atoms with van der Waals surface area (Å²) in [5.41, 5.74) is 2.05. The molecule has 1 aliphatic heterocycles. The zero-order valence-electron chi connectivity index (χ0n) is 15.8. The van der Waals surface area contributed by atoms with Crippen LogP contribution in [0.25, 0.3) is 28.0 Å². The molecule has 1 atom stereocenters. The summed E-state index contributed by atoms with van der Waals surface area (Å²) in [6, 6.07) is 1.51. The zero-order chi connectivity index (χ0) is 19.1. The van der Waals surface area contributed by atoms with Gasteiger partial charge in [0.25, 0.3) is 0 Å². The number of ether oxygens (including phenoxy) is 1. The van der Waals surface area contributed by atoms with Gasteiger partial charge < -0.3 is 13.6 Å². The molecular formula is C22H22O5. The highest BCUT2D eigenvalue weighted by Gasteiger charge is 2.26. The summed E-state index contributed by atoms with van der Waals surface area (Å²) in [7, 11) is 0. The standard InChI is InChI=1S/C22H22O5/c1-4-6-13-10-16(23)27-22-17(13)21-15(9-8-14(26-21)7-5-2)20-18(22)19(24)12(3)11-25-20/h8-11,14H,4-7H2,1-3H3. The van der Waals surface area contributed by atoms with E-state index in [1.54, 1.807) is 6.92 Å². The summed E-state index contributed by atoms with van der Waals surface area (Å²) in [6.07, 6.45) is 8.77. The van der Waals surface area contributed by atoms with Crippen LogP contribution in [0.5, 0.6) is 5.75 Å². The molecule has 5 nitrogen and oxygen atoms in total. The van der Waals surface area contributed by atoms with Crippen LogP contribution in [0.3, 0.4) is 0 Å². The third kappa shape index (κ3) is 2.78. The molecule has 0 saturated carbocycles. The second-order valence-electron chi connectivity index (χ2n) is 7.04. The van der Waals surface area contributed by atoms with Crippen molar-refractivity contribution in [1.82, 2.24) is 0 Å². The van der Waals surface area contributed by atoms with Crippen molar-refractivity contribution in [2.45, 2.75) is 52.6 Å². The van der Waals surface area contributed by atoms with Crippen LogP contribution in [-0.2, 0) is 6.42 Å². The maximum Gasteiger partial charge on any atom is 0.336 e. The van der Waals surface area contributed by atoms with Gasteiger partial charge >= 0.3 is 5.63 Å². The number of hydrogen-bond acceptors (Lipinski definition) is 5. The average molecular weight is 366 g/mol. The lowest BCUT2D eigenvalue weighted by atomic mass is 9.96. The zero-order valence-corrected chi connectivity index (χ0v) is 15.8. The van der Waals surface area contributed by atoms with Crippen molar-refractivity contribution in [3.8, 4) is 5.75 Å². The minimum Gasteiger partial charge on any atom is -0.485 e. The van der Waals surface area contributed by atoms with Gasteiger partial charge in [0.05, 0.1) is 17.2 Å². The fourth-order valence-electron chi connectivity index (χ4n) is 3.74. The smallest absolute Gasteiger partial charge is 0.336 e. The summed E-state index contributed by atoms with van der Waals surface area (Å²) in [4.78, 5) is 25.1. The molecule has 5 heteroatoms. The van der Waals surface area contributed by atoms with Crippen molar-refractivity contribution in [3.63, 3.8) is 0 Å². The molecule has 4 rings (SSSR count). The molecule has 1 aromatic carbocycles. The topological polar surface area (TPSA) is 69.7 Å². The lowest BCUT2D eigenvalue weighted by molar-refractivity contribution is 0.236. The minimum atomic E-state index is -0.468. The highest BCUT2D eigenvalue weighted by Crippen LogP contribution is 2.42. The molecule has 0 radical (unpaired) electrons. The SMILES string of the molecule is CCCc1cc(=O)oc2c1c1c(c3occ(C)c(=O)c32)C=CC(CCC)O1. The third-order valence-corrected chi connectivity index (χ3v) is 4.99. The molecule has 0 bridgehead atoms. The molecule has 0 N–H and O–H groups in total. The van der Waals surface area contributed by atoms with Crippen LogP contribution in [0, 0.1) is 6.92 Å². The number of fused-ring (bicyclic) bond motifs is 6. The van der Waals surface area contributed by atoms with Crippen molar-refractivity contribution < 1.29 is 13.6 Å². The van der Waals surface area contributed by atoms with E-state index in [1.807, 2.05) is 19.1 Å². The Labute approximate surface area is 156 Å². The molecule has 140 valence electrons. The van der Waals surface area contributed by atoms with Gasteiger partial charge in [-0.15, -0.1) is 0 Å². The largest absolute Gasteiger partial charge is 0.485 e. The second kappa shape index (κ2) is 6.72. The van der Waals surface area contributed by atoms with Crippen LogP contribution in [-0.4, -0.2) is 6.10 Å². The van der Waals surface area contributed by atoms with E-state index in [9.17, 15) is 9.59 Å². The molecule has 0 spiro atoms. The normalized spacial score (nSPS) is 15.9. The van der Waals surface area contributed by atoms with Crippen molar-refractivity contribution in [3.05, 3.63) is 55.7 Å². The van der Waals surface area contributed by atoms with E-state index in [4.69, 9.17) is 13.6 Å². The average Bonchev–Trinajstić information content (AvgIpc) is 2.64. The Balaban J connectivity index is 2.21. The van der Waals surface area contributed by atoms with Crippen molar-refractivity contribution in [2.24, 2.45) is 0 Å². The van der Waals surface area contributed by atoms with Crippen LogP contribution in [0.4, 0.5) is 0 Å². The van der Waals surface area contributed by atoms with Gasteiger partial charge in [0.2, 0.25) is 0 Å². The molecule has 0 aliphatic carbocycles. The van der Waals surface area contributed by atoms with Gasteiger partial charge in [-0.25, -0.2) is 4.79 Å². The first-order valence-corrected chi connectivity index (χ1v) is 9.44. The number of benzene rings is 1. The first kappa shape index (κ1) is 17.6. The predicted octanol–water partition coefficient (Wildman–Crippen LogP) is 4.73. The van der Waals surface area contributed by atoms with Gasteiger partial charge in [-0.05, 0) is 37.5 Å². The van der Waals surface area contributed by atoms with Crippen LogP contribution >= 0.6 is 0 Å². The van der Waals surface area contributed by atoms with E-state index >= 15 is 0 Å². The Morgan fingerprint density at radius 3 is 2.63 bits per heavy atom. The summed E-state index contributed by atoms with van der Waals surface area (Å²) >= 11 is 0. The lowest BCUT2D eigenvalue weighted by Crippen LogP contribution is -2.18. The monoisotopic (exact) mass is 366 g/mol. The van der Waals surface area contributed by atoms with E-state index in [2.05, 4.69) is 6.92 Å². The van der Waals surface area contributed by atoms with Crippen LogP contribution in [0.15, 0.2) is 36.8 Å². The third-order valence-electron chi connectivity index (χ3n) is 4.99. The van der Waals surface area contributed by atoms with E-state index in [-0.39, 0.29) is 17.1 Å². The fourth-order valence-corrected chi connectivity index (χ4v) is 3.74. The van der Waals surface area contributed by atoms with Crippen molar-refractivity contribution in [1.29, 1.82) is 0 Å². The van der Waals surface area contributed by atoms with Crippen molar-refractivity contribution >= 4 is 28.0 Å². The Morgan fingerprint density at radius 1 is 1.07 bits per heavy atom. The molecule has 0 fully saturated rings. The number of aryl methyl sites for hydroxylation is 2. The van der Waals surface area contributed by atoms with Crippen LogP contribution in [0.1, 0.15) is 49.8 Å². The molecule has 2 aromatic heterocycles. The Morgan fingerprint density at radius 2 is 1.89 bits per heavy atom. The summed E-state index contributed by atoms with van der Waals surface area (Å²) < 4.78 is 17.6. The highest BCUT2D eigenvalue weighted by atomic mass is 16.5. The second-order valence-corrected chi connectivity index (χ2v) is 7.04. The minimum absolute atomic E-state index is 0.0540. The maximum absolute atomic E-state index is 12.9. The number of hydrogen-bond donors (Lipinski definition) is 0. The Kier molecular flexibility index (Phi) is 4.38. The quantitative estimate of drug-likeness (QED) is 0.493. The molecule has 3 aromatic rings. The predicted molar refractivity (Wildman–Crippen MR) is 106 cm³/mol. The maximum atomic E-state index is 12.9. The molecule has 0 amide bonds. The molecule has 1 unspecified atom stereocenters. The van der Waals surface area contributed by atoms with Gasteiger partial charge in [-0.1, -0.05) is 26.7 Å². The Hall–Kier alpha value is -2.82. The summed E-state index contributed by atoms with van der Waals surface area (Å²) in [5, 5.41) is 1.02. The van der Waals surface area contributed by atoms with Crippen molar-refractivity contribution in [2.75, 3.05) is 0 Å². The molecule has 3 heterocycles.